The standard InChI is InChI=1S/C17H15IO/c1-2-13-3-5-14(6-4-13)7-12-17(19)15-8-10-16(18)11-9-15/h3-12H,2H2,1H3. The third-order valence-electron chi connectivity index (χ3n) is 2.94. The monoisotopic (exact) mass is 362 g/mol. The summed E-state index contributed by atoms with van der Waals surface area (Å²) in [6.45, 7) is 2.13. The molecule has 0 unspecified atom stereocenters. The Morgan fingerprint density at radius 1 is 1.05 bits per heavy atom. The van der Waals surface area contributed by atoms with Crippen molar-refractivity contribution in [1.82, 2.24) is 0 Å². The van der Waals surface area contributed by atoms with Crippen LogP contribution in [0, 0.1) is 3.57 Å². The van der Waals surface area contributed by atoms with Gasteiger partial charge >= 0.3 is 0 Å². The molecule has 0 aliphatic carbocycles. The number of carbonyl (C=O) groups excluding carboxylic acids is 1. The Balaban J connectivity index is 2.08. The first-order chi connectivity index (χ1) is 9.19. The molecule has 0 amide bonds. The highest BCUT2D eigenvalue weighted by molar-refractivity contribution is 14.1. The quantitative estimate of drug-likeness (QED) is 0.436. The molecule has 2 heteroatoms. The molecule has 0 fully saturated rings. The zero-order valence-corrected chi connectivity index (χ0v) is 12.9. The lowest BCUT2D eigenvalue weighted by molar-refractivity contribution is 0.104. The largest absolute Gasteiger partial charge is 0.289 e. The molecule has 0 aliphatic heterocycles. The van der Waals surface area contributed by atoms with E-state index in [1.807, 2.05) is 42.5 Å². The maximum atomic E-state index is 12.0. The number of rotatable bonds is 4. The predicted molar refractivity (Wildman–Crippen MR) is 88.3 cm³/mol. The fourth-order valence-electron chi connectivity index (χ4n) is 1.75. The van der Waals surface area contributed by atoms with Gasteiger partial charge in [0.25, 0.3) is 0 Å². The molecule has 0 heterocycles. The summed E-state index contributed by atoms with van der Waals surface area (Å²) in [6.07, 6.45) is 4.52. The molecule has 96 valence electrons. The lowest BCUT2D eigenvalue weighted by Gasteiger charge is -1.98. The smallest absolute Gasteiger partial charge is 0.185 e. The fraction of sp³-hybridized carbons (Fsp3) is 0.118. The molecule has 0 radical (unpaired) electrons. The summed E-state index contributed by atoms with van der Waals surface area (Å²) in [6, 6.07) is 15.9. The summed E-state index contributed by atoms with van der Waals surface area (Å²) in [5.41, 5.74) is 3.08. The molecule has 2 aromatic carbocycles. The lowest BCUT2D eigenvalue weighted by atomic mass is 10.1. The zero-order valence-electron chi connectivity index (χ0n) is 10.8. The molecule has 0 bridgehead atoms. The lowest BCUT2D eigenvalue weighted by Crippen LogP contribution is -1.93. The van der Waals surface area contributed by atoms with Crippen molar-refractivity contribution in [2.45, 2.75) is 13.3 Å². The summed E-state index contributed by atoms with van der Waals surface area (Å²) in [5.74, 6) is 0.0379. The topological polar surface area (TPSA) is 17.1 Å². The average Bonchev–Trinajstić information content (AvgIpc) is 2.46. The third-order valence-corrected chi connectivity index (χ3v) is 3.66. The van der Waals surface area contributed by atoms with E-state index in [0.717, 1.165) is 21.1 Å². The molecule has 0 saturated carbocycles. The van der Waals surface area contributed by atoms with Gasteiger partial charge in [0.2, 0.25) is 0 Å². The highest BCUT2D eigenvalue weighted by atomic mass is 127. The van der Waals surface area contributed by atoms with Crippen LogP contribution in [0.15, 0.2) is 54.6 Å². The second-order valence-electron chi connectivity index (χ2n) is 4.30. The number of aryl methyl sites for hydroxylation is 1. The van der Waals surface area contributed by atoms with Gasteiger partial charge in [-0.15, -0.1) is 0 Å². The highest BCUT2D eigenvalue weighted by Gasteiger charge is 2.00. The first-order valence-electron chi connectivity index (χ1n) is 6.26. The minimum atomic E-state index is 0.0379. The van der Waals surface area contributed by atoms with Crippen molar-refractivity contribution in [1.29, 1.82) is 0 Å². The zero-order chi connectivity index (χ0) is 13.7. The summed E-state index contributed by atoms with van der Waals surface area (Å²) in [4.78, 5) is 12.0. The molecule has 19 heavy (non-hydrogen) atoms. The van der Waals surface area contributed by atoms with Crippen LogP contribution in [0.3, 0.4) is 0 Å². The molecule has 0 spiro atoms. The molecular formula is C17H15IO. The second-order valence-corrected chi connectivity index (χ2v) is 5.55. The van der Waals surface area contributed by atoms with E-state index in [9.17, 15) is 4.79 Å². The maximum Gasteiger partial charge on any atom is 0.185 e. The van der Waals surface area contributed by atoms with E-state index >= 15 is 0 Å². The van der Waals surface area contributed by atoms with Gasteiger partial charge in [-0.3, -0.25) is 4.79 Å². The van der Waals surface area contributed by atoms with Crippen molar-refractivity contribution >= 4 is 34.5 Å². The summed E-state index contributed by atoms with van der Waals surface area (Å²) >= 11 is 2.23. The van der Waals surface area contributed by atoms with Crippen LogP contribution < -0.4 is 0 Å². The number of ketones is 1. The number of hydrogen-bond acceptors (Lipinski definition) is 1. The predicted octanol–water partition coefficient (Wildman–Crippen LogP) is 4.75. The Kier molecular flexibility index (Phi) is 4.91. The molecule has 0 atom stereocenters. The van der Waals surface area contributed by atoms with Gasteiger partial charge in [0.1, 0.15) is 0 Å². The fourth-order valence-corrected chi connectivity index (χ4v) is 2.11. The molecule has 2 rings (SSSR count). The second kappa shape index (κ2) is 6.66. The Hall–Kier alpha value is -1.42. The van der Waals surface area contributed by atoms with E-state index in [4.69, 9.17) is 0 Å². The third kappa shape index (κ3) is 4.03. The van der Waals surface area contributed by atoms with Crippen molar-refractivity contribution in [2.75, 3.05) is 0 Å². The van der Waals surface area contributed by atoms with E-state index in [1.54, 1.807) is 6.08 Å². The Morgan fingerprint density at radius 3 is 2.26 bits per heavy atom. The molecule has 0 saturated heterocycles. The average molecular weight is 362 g/mol. The summed E-state index contributed by atoms with van der Waals surface area (Å²) in [5, 5.41) is 0. The Morgan fingerprint density at radius 2 is 1.68 bits per heavy atom. The van der Waals surface area contributed by atoms with Crippen LogP contribution in [0.1, 0.15) is 28.4 Å². The molecule has 0 aromatic heterocycles. The SMILES string of the molecule is CCc1ccc(C=CC(=O)c2ccc(I)cc2)cc1. The number of halogens is 1. The van der Waals surface area contributed by atoms with Gasteiger partial charge in [0.05, 0.1) is 0 Å². The summed E-state index contributed by atoms with van der Waals surface area (Å²) < 4.78 is 1.13. The molecule has 2 aromatic rings. The number of allylic oxidation sites excluding steroid dienone is 1. The number of hydrogen-bond donors (Lipinski definition) is 0. The van der Waals surface area contributed by atoms with Gasteiger partial charge in [-0.05, 0) is 58.3 Å². The molecule has 1 nitrogen and oxygen atoms in total. The van der Waals surface area contributed by atoms with Gasteiger partial charge in [-0.2, -0.15) is 0 Å². The van der Waals surface area contributed by atoms with Crippen LogP contribution in [0.5, 0.6) is 0 Å². The number of carbonyl (C=O) groups is 1. The molecular weight excluding hydrogens is 347 g/mol. The van der Waals surface area contributed by atoms with Crippen molar-refractivity contribution in [3.63, 3.8) is 0 Å². The van der Waals surface area contributed by atoms with E-state index in [-0.39, 0.29) is 5.78 Å². The van der Waals surface area contributed by atoms with Crippen LogP contribution in [-0.4, -0.2) is 5.78 Å². The van der Waals surface area contributed by atoms with Gasteiger partial charge in [-0.25, -0.2) is 0 Å². The van der Waals surface area contributed by atoms with Crippen LogP contribution in [0.25, 0.3) is 6.08 Å². The van der Waals surface area contributed by atoms with Crippen LogP contribution in [0.2, 0.25) is 0 Å². The minimum Gasteiger partial charge on any atom is -0.289 e. The summed E-state index contributed by atoms with van der Waals surface area (Å²) in [7, 11) is 0. The van der Waals surface area contributed by atoms with Crippen molar-refractivity contribution in [3.05, 3.63) is 74.9 Å². The van der Waals surface area contributed by atoms with Crippen molar-refractivity contribution in [2.24, 2.45) is 0 Å². The van der Waals surface area contributed by atoms with Crippen LogP contribution in [-0.2, 0) is 6.42 Å². The van der Waals surface area contributed by atoms with E-state index in [2.05, 4.69) is 41.6 Å². The minimum absolute atomic E-state index is 0.0379. The van der Waals surface area contributed by atoms with Crippen molar-refractivity contribution in [3.8, 4) is 0 Å². The Bertz CT molecular complexity index is 580. The maximum absolute atomic E-state index is 12.0. The van der Waals surface area contributed by atoms with Gasteiger partial charge in [0.15, 0.2) is 5.78 Å². The Labute approximate surface area is 127 Å². The van der Waals surface area contributed by atoms with Gasteiger partial charge in [0, 0.05) is 9.13 Å². The van der Waals surface area contributed by atoms with Crippen LogP contribution in [0.4, 0.5) is 0 Å². The number of benzene rings is 2. The first kappa shape index (κ1) is 14.0. The molecule has 0 aliphatic rings. The normalized spacial score (nSPS) is 10.8. The van der Waals surface area contributed by atoms with E-state index < -0.39 is 0 Å². The van der Waals surface area contributed by atoms with Crippen molar-refractivity contribution < 1.29 is 4.79 Å². The molecule has 0 N–H and O–H groups in total. The van der Waals surface area contributed by atoms with Gasteiger partial charge < -0.3 is 0 Å². The van der Waals surface area contributed by atoms with E-state index in [1.165, 1.54) is 5.56 Å². The van der Waals surface area contributed by atoms with Gasteiger partial charge in [-0.1, -0.05) is 49.4 Å². The van der Waals surface area contributed by atoms with Crippen LogP contribution >= 0.6 is 22.6 Å². The first-order valence-corrected chi connectivity index (χ1v) is 7.34. The highest BCUT2D eigenvalue weighted by Crippen LogP contribution is 2.10. The van der Waals surface area contributed by atoms with E-state index in [0.29, 0.717) is 0 Å².